The van der Waals surface area contributed by atoms with Crippen molar-refractivity contribution in [3.05, 3.63) is 70.6 Å². The Bertz CT molecular complexity index is 1020. The normalized spacial score (nSPS) is 11.4. The van der Waals surface area contributed by atoms with E-state index in [1.807, 2.05) is 0 Å². The van der Waals surface area contributed by atoms with Crippen LogP contribution < -0.4 is 15.6 Å². The molecule has 26 heavy (non-hydrogen) atoms. The summed E-state index contributed by atoms with van der Waals surface area (Å²) < 4.78 is 41.6. The van der Waals surface area contributed by atoms with Crippen molar-refractivity contribution in [1.82, 2.24) is 4.57 Å². The molecule has 0 saturated heterocycles. The number of nitrogens with one attached hydrogen (secondary N) is 1. The molecule has 2 aromatic carbocycles. The van der Waals surface area contributed by atoms with Crippen LogP contribution in [0.4, 0.5) is 18.9 Å². The minimum absolute atomic E-state index is 0.231. The number of carbonyl (C=O) groups excluding carboxylic acids is 1. The average molecular weight is 362 g/mol. The number of anilines is 1. The molecule has 0 fully saturated rings. The van der Waals surface area contributed by atoms with Gasteiger partial charge in [-0.25, -0.2) is 0 Å². The summed E-state index contributed by atoms with van der Waals surface area (Å²) in [5.41, 5.74) is 0.339. The number of amides is 1. The Labute approximate surface area is 145 Å². The predicted octanol–water partition coefficient (Wildman–Crippen LogP) is 3.69. The van der Waals surface area contributed by atoms with Crippen LogP contribution in [0, 0.1) is 0 Å². The summed E-state index contributed by atoms with van der Waals surface area (Å²) in [5.74, 6) is -0.871. The van der Waals surface area contributed by atoms with Crippen molar-refractivity contribution in [2.45, 2.75) is 6.36 Å². The Balaban J connectivity index is 1.88. The summed E-state index contributed by atoms with van der Waals surface area (Å²) in [5, 5.41) is 3.49. The average Bonchev–Trinajstić information content (AvgIpc) is 2.58. The molecule has 0 unspecified atom stereocenters. The summed E-state index contributed by atoms with van der Waals surface area (Å²) in [7, 11) is 1.54. The van der Waals surface area contributed by atoms with Gasteiger partial charge in [0.1, 0.15) is 5.75 Å². The Morgan fingerprint density at radius 2 is 1.65 bits per heavy atom. The largest absolute Gasteiger partial charge is 0.573 e. The van der Waals surface area contributed by atoms with Crippen LogP contribution in [0.5, 0.6) is 5.75 Å². The SMILES string of the molecule is Cn1cc(C(=O)Nc2ccc(OC(F)(F)F)cc2)c2ccccc2c1=O. The molecule has 3 rings (SSSR count). The Hall–Kier alpha value is -3.29. The molecule has 1 amide bonds. The highest BCUT2D eigenvalue weighted by atomic mass is 19.4. The van der Waals surface area contributed by atoms with Crippen LogP contribution in [-0.4, -0.2) is 16.8 Å². The zero-order chi connectivity index (χ0) is 18.9. The molecule has 0 aliphatic rings. The first kappa shape index (κ1) is 17.5. The summed E-state index contributed by atoms with van der Waals surface area (Å²) in [6, 6.07) is 11.5. The molecule has 8 heteroatoms. The zero-order valence-corrected chi connectivity index (χ0v) is 13.5. The molecule has 0 bridgehead atoms. The van der Waals surface area contributed by atoms with Crippen LogP contribution in [0.25, 0.3) is 10.8 Å². The Morgan fingerprint density at radius 3 is 2.27 bits per heavy atom. The van der Waals surface area contributed by atoms with Crippen molar-refractivity contribution in [3.8, 4) is 5.75 Å². The van der Waals surface area contributed by atoms with E-state index in [9.17, 15) is 22.8 Å². The van der Waals surface area contributed by atoms with E-state index < -0.39 is 12.3 Å². The van der Waals surface area contributed by atoms with Crippen LogP contribution >= 0.6 is 0 Å². The highest BCUT2D eigenvalue weighted by Crippen LogP contribution is 2.24. The topological polar surface area (TPSA) is 60.3 Å². The smallest absolute Gasteiger partial charge is 0.406 e. The third-order valence-corrected chi connectivity index (χ3v) is 3.68. The fraction of sp³-hybridized carbons (Fsp3) is 0.111. The molecule has 0 aliphatic heterocycles. The van der Waals surface area contributed by atoms with Crippen molar-refractivity contribution < 1.29 is 22.7 Å². The number of aryl methyl sites for hydroxylation is 1. The molecule has 0 atom stereocenters. The van der Waals surface area contributed by atoms with Crippen LogP contribution in [-0.2, 0) is 7.05 Å². The summed E-state index contributed by atoms with van der Waals surface area (Å²) in [6.07, 6.45) is -3.36. The number of hydrogen-bond donors (Lipinski definition) is 1. The highest BCUT2D eigenvalue weighted by Gasteiger charge is 2.31. The highest BCUT2D eigenvalue weighted by molar-refractivity contribution is 6.12. The molecule has 0 spiro atoms. The van der Waals surface area contributed by atoms with Crippen LogP contribution in [0.15, 0.2) is 59.5 Å². The molecule has 3 aromatic rings. The van der Waals surface area contributed by atoms with E-state index in [4.69, 9.17) is 0 Å². The number of rotatable bonds is 3. The lowest BCUT2D eigenvalue weighted by Gasteiger charge is -2.11. The third-order valence-electron chi connectivity index (χ3n) is 3.68. The van der Waals surface area contributed by atoms with Gasteiger partial charge in [-0.2, -0.15) is 0 Å². The molecule has 1 heterocycles. The number of benzene rings is 2. The molecular formula is C18H13F3N2O3. The van der Waals surface area contributed by atoms with E-state index in [2.05, 4.69) is 10.1 Å². The van der Waals surface area contributed by atoms with Crippen molar-refractivity contribution in [1.29, 1.82) is 0 Å². The van der Waals surface area contributed by atoms with E-state index in [-0.39, 0.29) is 16.9 Å². The van der Waals surface area contributed by atoms with Crippen LogP contribution in [0.1, 0.15) is 10.4 Å². The molecule has 5 nitrogen and oxygen atoms in total. The number of ether oxygens (including phenoxy) is 1. The van der Waals surface area contributed by atoms with Gasteiger partial charge in [0.15, 0.2) is 0 Å². The second kappa shape index (κ2) is 6.55. The number of pyridine rings is 1. The quantitative estimate of drug-likeness (QED) is 0.773. The van der Waals surface area contributed by atoms with E-state index >= 15 is 0 Å². The van der Waals surface area contributed by atoms with Crippen LogP contribution in [0.2, 0.25) is 0 Å². The van der Waals surface area contributed by atoms with Gasteiger partial charge in [-0.1, -0.05) is 18.2 Å². The van der Waals surface area contributed by atoms with E-state index in [0.717, 1.165) is 12.1 Å². The van der Waals surface area contributed by atoms with Gasteiger partial charge in [0.05, 0.1) is 5.56 Å². The number of fused-ring (bicyclic) bond motifs is 1. The summed E-state index contributed by atoms with van der Waals surface area (Å²) >= 11 is 0. The molecule has 134 valence electrons. The van der Waals surface area contributed by atoms with Gasteiger partial charge in [-0.15, -0.1) is 13.2 Å². The Kier molecular flexibility index (Phi) is 4.41. The standard InChI is InChI=1S/C18H13F3N2O3/c1-23-10-15(13-4-2-3-5-14(13)17(23)25)16(24)22-11-6-8-12(9-7-11)26-18(19,20)21/h2-10H,1H3,(H,22,24). The first-order valence-corrected chi connectivity index (χ1v) is 7.50. The van der Waals surface area contributed by atoms with Gasteiger partial charge in [0, 0.05) is 29.7 Å². The maximum atomic E-state index is 12.6. The van der Waals surface area contributed by atoms with Gasteiger partial charge < -0.3 is 14.6 Å². The molecule has 0 radical (unpaired) electrons. The van der Waals surface area contributed by atoms with Gasteiger partial charge in [-0.05, 0) is 30.3 Å². The number of nitrogens with zero attached hydrogens (tertiary/aromatic N) is 1. The van der Waals surface area contributed by atoms with Gasteiger partial charge in [0.2, 0.25) is 0 Å². The van der Waals surface area contributed by atoms with Crippen molar-refractivity contribution in [2.75, 3.05) is 5.32 Å². The third kappa shape index (κ3) is 3.69. The maximum absolute atomic E-state index is 12.6. The molecule has 1 aromatic heterocycles. The van der Waals surface area contributed by atoms with E-state index in [1.165, 1.54) is 29.9 Å². The molecular weight excluding hydrogens is 349 g/mol. The first-order chi connectivity index (χ1) is 12.2. The fourth-order valence-electron chi connectivity index (χ4n) is 2.54. The molecule has 1 N–H and O–H groups in total. The second-order valence-corrected chi connectivity index (χ2v) is 5.53. The van der Waals surface area contributed by atoms with Gasteiger partial charge in [0.25, 0.3) is 11.5 Å². The lowest BCUT2D eigenvalue weighted by molar-refractivity contribution is -0.274. The number of aromatic nitrogens is 1. The fourth-order valence-corrected chi connectivity index (χ4v) is 2.54. The lowest BCUT2D eigenvalue weighted by atomic mass is 10.1. The molecule has 0 saturated carbocycles. The second-order valence-electron chi connectivity index (χ2n) is 5.53. The number of alkyl halides is 3. The Morgan fingerprint density at radius 1 is 1.04 bits per heavy atom. The van der Waals surface area contributed by atoms with Crippen molar-refractivity contribution >= 4 is 22.4 Å². The number of carbonyl (C=O) groups is 1. The minimum Gasteiger partial charge on any atom is -0.406 e. The zero-order valence-electron chi connectivity index (χ0n) is 13.5. The molecule has 0 aliphatic carbocycles. The van der Waals surface area contributed by atoms with Crippen molar-refractivity contribution in [3.63, 3.8) is 0 Å². The van der Waals surface area contributed by atoms with Gasteiger partial charge in [-0.3, -0.25) is 9.59 Å². The number of halogens is 3. The first-order valence-electron chi connectivity index (χ1n) is 7.50. The van der Waals surface area contributed by atoms with E-state index in [1.54, 1.807) is 24.3 Å². The maximum Gasteiger partial charge on any atom is 0.573 e. The lowest BCUT2D eigenvalue weighted by Crippen LogP contribution is -2.21. The van der Waals surface area contributed by atoms with Gasteiger partial charge >= 0.3 is 6.36 Å². The number of hydrogen-bond acceptors (Lipinski definition) is 3. The van der Waals surface area contributed by atoms with E-state index in [0.29, 0.717) is 16.5 Å². The summed E-state index contributed by atoms with van der Waals surface area (Å²) in [4.78, 5) is 24.7. The monoisotopic (exact) mass is 362 g/mol. The summed E-state index contributed by atoms with van der Waals surface area (Å²) in [6.45, 7) is 0. The van der Waals surface area contributed by atoms with Crippen LogP contribution in [0.3, 0.4) is 0 Å². The van der Waals surface area contributed by atoms with Crippen molar-refractivity contribution in [2.24, 2.45) is 7.05 Å². The predicted molar refractivity (Wildman–Crippen MR) is 90.3 cm³/mol. The minimum atomic E-state index is -4.78.